The first kappa shape index (κ1) is 29.7. The van der Waals surface area contributed by atoms with Gasteiger partial charge in [-0.15, -0.1) is 0 Å². The second-order valence-electron chi connectivity index (χ2n) is 8.96. The molecule has 11 heteroatoms. The Morgan fingerprint density at radius 1 is 0.872 bits per heavy atom. The van der Waals surface area contributed by atoms with Crippen LogP contribution in [0.4, 0.5) is 14.5 Å². The van der Waals surface area contributed by atoms with E-state index in [1.165, 1.54) is 50.5 Å². The molecule has 1 N–H and O–H groups in total. The summed E-state index contributed by atoms with van der Waals surface area (Å²) in [5.74, 6) is -2.73. The molecule has 0 heterocycles. The van der Waals surface area contributed by atoms with E-state index in [-0.39, 0.29) is 30.8 Å². The summed E-state index contributed by atoms with van der Waals surface area (Å²) in [4.78, 5) is 28.4. The van der Waals surface area contributed by atoms with Crippen molar-refractivity contribution in [1.82, 2.24) is 14.5 Å². The van der Waals surface area contributed by atoms with E-state index in [4.69, 9.17) is 0 Å². The van der Waals surface area contributed by atoms with Crippen LogP contribution in [0.5, 0.6) is 0 Å². The second kappa shape index (κ2) is 13.3. The molecule has 0 aliphatic heterocycles. The summed E-state index contributed by atoms with van der Waals surface area (Å²) < 4.78 is 57.5. The van der Waals surface area contributed by atoms with Crippen molar-refractivity contribution in [3.8, 4) is 0 Å². The zero-order chi connectivity index (χ0) is 28.6. The lowest BCUT2D eigenvalue weighted by Gasteiger charge is -2.34. The number of carbonyl (C=O) groups is 2. The Kier molecular flexibility index (Phi) is 10.1. The number of carbonyl (C=O) groups excluding carboxylic acids is 2. The summed E-state index contributed by atoms with van der Waals surface area (Å²) in [6.07, 6.45) is 0.0903. The first-order valence-corrected chi connectivity index (χ1v) is 13.7. The van der Waals surface area contributed by atoms with Gasteiger partial charge in [0, 0.05) is 39.2 Å². The number of halogens is 2. The van der Waals surface area contributed by atoms with Gasteiger partial charge in [-0.25, -0.2) is 13.1 Å². The highest BCUT2D eigenvalue weighted by molar-refractivity contribution is 7.90. The summed E-state index contributed by atoms with van der Waals surface area (Å²) in [5, 5.41) is 2.72. The number of rotatable bonds is 12. The van der Waals surface area contributed by atoms with Crippen LogP contribution >= 0.6 is 0 Å². The average molecular weight is 559 g/mol. The predicted molar refractivity (Wildman–Crippen MR) is 146 cm³/mol. The monoisotopic (exact) mass is 558 g/mol. The molecule has 0 radical (unpaired) electrons. The number of para-hydroxylation sites is 1. The summed E-state index contributed by atoms with van der Waals surface area (Å²) in [6, 6.07) is 18.9. The molecular weight excluding hydrogens is 526 g/mol. The van der Waals surface area contributed by atoms with Crippen LogP contribution in [0.25, 0.3) is 0 Å². The van der Waals surface area contributed by atoms with Crippen molar-refractivity contribution in [1.29, 1.82) is 0 Å². The third kappa shape index (κ3) is 7.39. The van der Waals surface area contributed by atoms with Gasteiger partial charge >= 0.3 is 10.2 Å². The van der Waals surface area contributed by atoms with E-state index in [2.05, 4.69) is 5.32 Å². The van der Waals surface area contributed by atoms with Crippen LogP contribution in [0, 0.1) is 11.6 Å². The predicted octanol–water partition coefficient (Wildman–Crippen LogP) is 3.35. The van der Waals surface area contributed by atoms with Crippen molar-refractivity contribution >= 4 is 27.7 Å². The van der Waals surface area contributed by atoms with Crippen LogP contribution in [-0.4, -0.2) is 62.7 Å². The van der Waals surface area contributed by atoms with Crippen LogP contribution < -0.4 is 9.62 Å². The molecule has 0 aromatic heterocycles. The summed E-state index contributed by atoms with van der Waals surface area (Å²) in [7, 11) is -1.81. The third-order valence-corrected chi connectivity index (χ3v) is 7.87. The van der Waals surface area contributed by atoms with Gasteiger partial charge in [-0.2, -0.15) is 12.7 Å². The topological polar surface area (TPSA) is 90.0 Å². The van der Waals surface area contributed by atoms with Gasteiger partial charge in [-0.05, 0) is 30.7 Å². The molecule has 0 saturated carbocycles. The number of nitrogens with zero attached hydrogens (tertiary/aromatic N) is 3. The van der Waals surface area contributed by atoms with Gasteiger partial charge in [0.15, 0.2) is 0 Å². The van der Waals surface area contributed by atoms with Crippen LogP contribution in [0.2, 0.25) is 0 Å². The normalized spacial score (nSPS) is 12.2. The molecule has 3 aromatic carbocycles. The molecule has 208 valence electrons. The minimum absolute atomic E-state index is 0.0903. The number of nitrogens with one attached hydrogen (secondary N) is 1. The number of likely N-dealkylation sites (N-methyl/N-ethyl adjacent to an activating group) is 1. The van der Waals surface area contributed by atoms with Gasteiger partial charge in [0.2, 0.25) is 11.8 Å². The average Bonchev–Trinajstić information content (AvgIpc) is 2.91. The van der Waals surface area contributed by atoms with E-state index in [9.17, 15) is 26.8 Å². The molecule has 2 amide bonds. The summed E-state index contributed by atoms with van der Waals surface area (Å²) >= 11 is 0. The molecule has 0 saturated heterocycles. The van der Waals surface area contributed by atoms with Gasteiger partial charge in [-0.3, -0.25) is 9.59 Å². The lowest BCUT2D eigenvalue weighted by atomic mass is 10.0. The van der Waals surface area contributed by atoms with Crippen molar-refractivity contribution in [3.05, 3.63) is 102 Å². The van der Waals surface area contributed by atoms with E-state index in [1.807, 2.05) is 6.07 Å². The minimum Gasteiger partial charge on any atom is -0.355 e. The Balaban J connectivity index is 2.10. The van der Waals surface area contributed by atoms with Gasteiger partial charge in [0.1, 0.15) is 24.2 Å². The standard InChI is InChI=1S/C28H32F2N4O4S/c1-4-31-28(36)26(18-21-12-6-5-7-13-21)33(19-22-14-8-9-15-23(22)29)27(35)20-34(39(37,38)32(2)3)25-17-11-10-16-24(25)30/h5-17,26H,4,18-20H2,1-3H3,(H,31,36). The van der Waals surface area contributed by atoms with Crippen LogP contribution in [0.15, 0.2) is 78.9 Å². The maximum atomic E-state index is 14.8. The van der Waals surface area contributed by atoms with Crippen molar-refractivity contribution in [2.45, 2.75) is 25.9 Å². The maximum Gasteiger partial charge on any atom is 0.304 e. The van der Waals surface area contributed by atoms with Gasteiger partial charge in [0.05, 0.1) is 5.69 Å². The zero-order valence-electron chi connectivity index (χ0n) is 22.1. The first-order valence-electron chi connectivity index (χ1n) is 12.4. The van der Waals surface area contributed by atoms with Crippen LogP contribution in [0.3, 0.4) is 0 Å². The maximum absolute atomic E-state index is 14.8. The molecule has 1 unspecified atom stereocenters. The molecular formula is C28H32F2N4O4S. The first-order chi connectivity index (χ1) is 18.6. The van der Waals surface area contributed by atoms with Gasteiger partial charge in [0.25, 0.3) is 0 Å². The second-order valence-corrected chi connectivity index (χ2v) is 11.0. The van der Waals surface area contributed by atoms with Crippen LogP contribution in [-0.2, 0) is 32.8 Å². The largest absolute Gasteiger partial charge is 0.355 e. The highest BCUT2D eigenvalue weighted by Crippen LogP contribution is 2.24. The Morgan fingerprint density at radius 3 is 2.05 bits per heavy atom. The molecule has 3 rings (SSSR count). The number of hydrogen-bond donors (Lipinski definition) is 1. The molecule has 8 nitrogen and oxygen atoms in total. The van der Waals surface area contributed by atoms with Crippen molar-refractivity contribution < 1.29 is 26.8 Å². The molecule has 0 aliphatic rings. The fourth-order valence-electron chi connectivity index (χ4n) is 4.01. The lowest BCUT2D eigenvalue weighted by molar-refractivity contribution is -0.140. The Labute approximate surface area is 228 Å². The van der Waals surface area contributed by atoms with E-state index >= 15 is 0 Å². The van der Waals surface area contributed by atoms with E-state index < -0.39 is 46.2 Å². The molecule has 39 heavy (non-hydrogen) atoms. The molecule has 1 atom stereocenters. The van der Waals surface area contributed by atoms with Gasteiger partial charge in [-0.1, -0.05) is 60.7 Å². The smallest absolute Gasteiger partial charge is 0.304 e. The Hall–Kier alpha value is -3.83. The summed E-state index contributed by atoms with van der Waals surface area (Å²) in [6.45, 7) is 0.875. The number of benzene rings is 3. The van der Waals surface area contributed by atoms with E-state index in [0.717, 1.165) is 20.8 Å². The number of hydrogen-bond acceptors (Lipinski definition) is 4. The minimum atomic E-state index is -4.33. The number of anilines is 1. The summed E-state index contributed by atoms with van der Waals surface area (Å²) in [5.41, 5.74) is 0.552. The highest BCUT2D eigenvalue weighted by atomic mass is 32.2. The highest BCUT2D eigenvalue weighted by Gasteiger charge is 2.35. The lowest BCUT2D eigenvalue weighted by Crippen LogP contribution is -2.54. The number of amides is 2. The van der Waals surface area contributed by atoms with Crippen molar-refractivity contribution in [2.75, 3.05) is 31.5 Å². The SMILES string of the molecule is CCNC(=O)C(Cc1ccccc1)N(Cc1ccccc1F)C(=O)CN(c1ccccc1F)S(=O)(=O)N(C)C. The quantitative estimate of drug-likeness (QED) is 0.369. The van der Waals surface area contributed by atoms with Crippen LogP contribution in [0.1, 0.15) is 18.1 Å². The fourth-order valence-corrected chi connectivity index (χ4v) is 5.08. The molecule has 0 aliphatic carbocycles. The van der Waals surface area contributed by atoms with Gasteiger partial charge < -0.3 is 10.2 Å². The Morgan fingerprint density at radius 2 is 1.46 bits per heavy atom. The van der Waals surface area contributed by atoms with E-state index in [1.54, 1.807) is 37.3 Å². The Bertz CT molecular complexity index is 1390. The zero-order valence-corrected chi connectivity index (χ0v) is 22.9. The van der Waals surface area contributed by atoms with Crippen molar-refractivity contribution in [2.24, 2.45) is 0 Å². The molecule has 0 fully saturated rings. The third-order valence-electron chi connectivity index (χ3n) is 6.06. The fraction of sp³-hybridized carbons (Fsp3) is 0.286. The van der Waals surface area contributed by atoms with E-state index in [0.29, 0.717) is 4.31 Å². The molecule has 0 bridgehead atoms. The van der Waals surface area contributed by atoms with Crippen molar-refractivity contribution in [3.63, 3.8) is 0 Å². The molecule has 0 spiro atoms. The molecule has 3 aromatic rings.